The van der Waals surface area contributed by atoms with Crippen molar-refractivity contribution in [2.24, 2.45) is 0 Å². The van der Waals surface area contributed by atoms with Crippen molar-refractivity contribution in [1.29, 1.82) is 0 Å². The van der Waals surface area contributed by atoms with Crippen molar-refractivity contribution in [2.75, 3.05) is 26.1 Å². The van der Waals surface area contributed by atoms with Gasteiger partial charge in [0.25, 0.3) is 0 Å². The number of hydrogen-bond acceptors (Lipinski definition) is 6. The van der Waals surface area contributed by atoms with E-state index in [1.54, 1.807) is 18.3 Å². The molecule has 37 heavy (non-hydrogen) atoms. The van der Waals surface area contributed by atoms with Crippen molar-refractivity contribution in [3.05, 3.63) is 71.1 Å². The SMILES string of the molecule is COC(=O)CCC[C@@H](COC(=O)Nc1cc2ccccc2cn1)N(C)C(=O)NCc1cccc(Cl)c1F. The van der Waals surface area contributed by atoms with Crippen LogP contribution < -0.4 is 10.6 Å². The van der Waals surface area contributed by atoms with E-state index >= 15 is 0 Å². The molecule has 0 saturated carbocycles. The highest BCUT2D eigenvalue weighted by Crippen LogP contribution is 2.18. The molecule has 0 fully saturated rings. The summed E-state index contributed by atoms with van der Waals surface area (Å²) in [6.45, 7) is -0.227. The van der Waals surface area contributed by atoms with Gasteiger partial charge >= 0.3 is 18.1 Å². The highest BCUT2D eigenvalue weighted by Gasteiger charge is 2.22. The lowest BCUT2D eigenvalue weighted by Gasteiger charge is -2.28. The van der Waals surface area contributed by atoms with Crippen molar-refractivity contribution in [3.8, 4) is 0 Å². The summed E-state index contributed by atoms with van der Waals surface area (Å²) in [5, 5.41) is 7.00. The van der Waals surface area contributed by atoms with Gasteiger partial charge in [-0.05, 0) is 30.4 Å². The van der Waals surface area contributed by atoms with E-state index in [4.69, 9.17) is 16.3 Å². The molecule has 0 aliphatic heterocycles. The molecule has 196 valence electrons. The van der Waals surface area contributed by atoms with Gasteiger partial charge in [0.1, 0.15) is 18.2 Å². The van der Waals surface area contributed by atoms with Gasteiger partial charge in [-0.1, -0.05) is 48.0 Å². The summed E-state index contributed by atoms with van der Waals surface area (Å²) in [7, 11) is 2.82. The van der Waals surface area contributed by atoms with Gasteiger partial charge in [0.2, 0.25) is 0 Å². The quantitative estimate of drug-likeness (QED) is 0.352. The lowest BCUT2D eigenvalue weighted by Crippen LogP contribution is -2.46. The first-order valence-electron chi connectivity index (χ1n) is 11.6. The summed E-state index contributed by atoms with van der Waals surface area (Å²) < 4.78 is 24.2. The van der Waals surface area contributed by atoms with Crippen molar-refractivity contribution < 1.29 is 28.2 Å². The van der Waals surface area contributed by atoms with E-state index in [-0.39, 0.29) is 36.1 Å². The summed E-state index contributed by atoms with van der Waals surface area (Å²) in [5.41, 5.74) is 0.231. The maximum atomic E-state index is 14.2. The normalized spacial score (nSPS) is 11.5. The molecule has 1 heterocycles. The zero-order valence-electron chi connectivity index (χ0n) is 20.5. The summed E-state index contributed by atoms with van der Waals surface area (Å²) in [4.78, 5) is 42.3. The van der Waals surface area contributed by atoms with E-state index in [0.717, 1.165) is 10.8 Å². The molecule has 2 N–H and O–H groups in total. The molecule has 3 aromatic rings. The number of amides is 3. The van der Waals surface area contributed by atoms with E-state index in [1.807, 2.05) is 24.3 Å². The number of nitrogens with one attached hydrogen (secondary N) is 2. The number of aromatic nitrogens is 1. The van der Waals surface area contributed by atoms with Crippen LogP contribution in [0.1, 0.15) is 24.8 Å². The summed E-state index contributed by atoms with van der Waals surface area (Å²) in [6.07, 6.45) is 1.79. The molecule has 0 spiro atoms. The van der Waals surface area contributed by atoms with Crippen LogP contribution in [-0.2, 0) is 20.8 Å². The van der Waals surface area contributed by atoms with E-state index in [1.165, 1.54) is 31.2 Å². The summed E-state index contributed by atoms with van der Waals surface area (Å²) >= 11 is 5.80. The number of pyridine rings is 1. The smallest absolute Gasteiger partial charge is 0.412 e. The van der Waals surface area contributed by atoms with Crippen LogP contribution >= 0.6 is 11.6 Å². The first-order chi connectivity index (χ1) is 17.8. The Kier molecular flexibility index (Phi) is 10.0. The molecule has 1 atom stereocenters. The number of methoxy groups -OCH3 is 1. The third kappa shape index (κ3) is 8.04. The molecule has 0 saturated heterocycles. The number of rotatable bonds is 10. The monoisotopic (exact) mass is 530 g/mol. The number of benzene rings is 2. The molecular formula is C26H28ClFN4O5. The van der Waals surface area contributed by atoms with Crippen LogP contribution in [0.3, 0.4) is 0 Å². The summed E-state index contributed by atoms with van der Waals surface area (Å²) in [5.74, 6) is -0.673. The fourth-order valence-corrected chi connectivity index (χ4v) is 3.78. The largest absolute Gasteiger partial charge is 0.469 e. The second-order valence-electron chi connectivity index (χ2n) is 8.24. The number of carbonyl (C=O) groups is 3. The van der Waals surface area contributed by atoms with Crippen LogP contribution in [0.2, 0.25) is 5.02 Å². The number of fused-ring (bicyclic) bond motifs is 1. The second kappa shape index (κ2) is 13.4. The van der Waals surface area contributed by atoms with Gasteiger partial charge in [-0.2, -0.15) is 0 Å². The zero-order valence-corrected chi connectivity index (χ0v) is 21.3. The maximum Gasteiger partial charge on any atom is 0.412 e. The minimum atomic E-state index is -0.740. The molecule has 0 radical (unpaired) electrons. The number of urea groups is 1. The minimum Gasteiger partial charge on any atom is -0.469 e. The zero-order chi connectivity index (χ0) is 26.8. The minimum absolute atomic E-state index is 0.0406. The predicted molar refractivity (Wildman–Crippen MR) is 138 cm³/mol. The fraction of sp³-hybridized carbons (Fsp3) is 0.308. The van der Waals surface area contributed by atoms with Gasteiger partial charge in [-0.3, -0.25) is 10.1 Å². The number of nitrogens with zero attached hydrogens (tertiary/aromatic N) is 2. The lowest BCUT2D eigenvalue weighted by atomic mass is 10.1. The van der Waals surface area contributed by atoms with E-state index in [9.17, 15) is 18.8 Å². The van der Waals surface area contributed by atoms with E-state index in [2.05, 4.69) is 20.4 Å². The lowest BCUT2D eigenvalue weighted by molar-refractivity contribution is -0.140. The molecule has 3 amide bonds. The fourth-order valence-electron chi connectivity index (χ4n) is 3.58. The van der Waals surface area contributed by atoms with Gasteiger partial charge in [-0.25, -0.2) is 19.0 Å². The number of carbonyl (C=O) groups excluding carboxylic acids is 3. The van der Waals surface area contributed by atoms with Gasteiger partial charge in [0.05, 0.1) is 18.2 Å². The standard InChI is InChI=1S/C26H28ClFN4O5/c1-32(25(34)30-15-19-9-5-11-21(27)24(19)28)20(10-6-12-23(33)36-2)16-37-26(35)31-22-13-17-7-3-4-8-18(17)14-29-22/h3-5,7-9,11,13-14,20H,6,10,12,15-16H2,1-2H3,(H,30,34)(H,29,31,35)/t20-/m0/s1. The van der Waals surface area contributed by atoms with Crippen LogP contribution in [0.25, 0.3) is 10.8 Å². The van der Waals surface area contributed by atoms with Crippen LogP contribution in [0.5, 0.6) is 0 Å². The van der Waals surface area contributed by atoms with Crippen LogP contribution in [0, 0.1) is 5.82 Å². The molecule has 9 nitrogen and oxygen atoms in total. The van der Waals surface area contributed by atoms with Crippen LogP contribution in [0.15, 0.2) is 54.7 Å². The summed E-state index contributed by atoms with van der Waals surface area (Å²) in [6, 6.07) is 12.7. The van der Waals surface area contributed by atoms with Gasteiger partial charge < -0.3 is 19.7 Å². The maximum absolute atomic E-state index is 14.2. The van der Waals surface area contributed by atoms with Gasteiger partial charge in [-0.15, -0.1) is 0 Å². The van der Waals surface area contributed by atoms with Gasteiger partial charge in [0.15, 0.2) is 0 Å². The average molecular weight is 531 g/mol. The highest BCUT2D eigenvalue weighted by molar-refractivity contribution is 6.30. The van der Waals surface area contributed by atoms with Crippen molar-refractivity contribution in [3.63, 3.8) is 0 Å². The van der Waals surface area contributed by atoms with Crippen molar-refractivity contribution in [1.82, 2.24) is 15.2 Å². The number of halogens is 2. The Morgan fingerprint density at radius 3 is 2.65 bits per heavy atom. The van der Waals surface area contributed by atoms with E-state index < -0.39 is 24.0 Å². The molecule has 0 unspecified atom stereocenters. The molecule has 1 aromatic heterocycles. The third-order valence-corrected chi connectivity index (χ3v) is 6.04. The Hall–Kier alpha value is -3.92. The van der Waals surface area contributed by atoms with E-state index in [0.29, 0.717) is 18.7 Å². The number of ether oxygens (including phenoxy) is 2. The number of esters is 1. The molecule has 0 aliphatic carbocycles. The Morgan fingerprint density at radius 1 is 1.14 bits per heavy atom. The number of likely N-dealkylation sites (N-methyl/N-ethyl adjacent to an activating group) is 1. The Labute approximate surface area is 218 Å². The number of hydrogen-bond donors (Lipinski definition) is 2. The first kappa shape index (κ1) is 27.7. The third-order valence-electron chi connectivity index (χ3n) is 5.74. The Balaban J connectivity index is 1.60. The predicted octanol–water partition coefficient (Wildman–Crippen LogP) is 5.13. The second-order valence-corrected chi connectivity index (χ2v) is 8.65. The number of anilines is 1. The molecule has 3 rings (SSSR count). The van der Waals surface area contributed by atoms with Crippen LogP contribution in [-0.4, -0.2) is 54.8 Å². The molecule has 11 heteroatoms. The average Bonchev–Trinajstić information content (AvgIpc) is 2.90. The van der Waals surface area contributed by atoms with Crippen molar-refractivity contribution in [2.45, 2.75) is 31.8 Å². The topological polar surface area (TPSA) is 110 Å². The molecule has 0 aliphatic rings. The molecule has 0 bridgehead atoms. The van der Waals surface area contributed by atoms with Gasteiger partial charge in [0, 0.05) is 37.2 Å². The Bertz CT molecular complexity index is 1260. The Morgan fingerprint density at radius 2 is 1.89 bits per heavy atom. The van der Waals surface area contributed by atoms with Crippen molar-refractivity contribution >= 4 is 46.3 Å². The van der Waals surface area contributed by atoms with Crippen LogP contribution in [0.4, 0.5) is 19.8 Å². The molecular weight excluding hydrogens is 503 g/mol. The molecule has 2 aromatic carbocycles. The first-order valence-corrected chi connectivity index (χ1v) is 11.9. The highest BCUT2D eigenvalue weighted by atomic mass is 35.5.